The van der Waals surface area contributed by atoms with E-state index >= 15 is 0 Å². The molecule has 7 nitrogen and oxygen atoms in total. The van der Waals surface area contributed by atoms with E-state index in [0.717, 1.165) is 26.6 Å². The summed E-state index contributed by atoms with van der Waals surface area (Å²) in [7, 11) is -2.54. The second kappa shape index (κ2) is 12.1. The highest BCUT2D eigenvalue weighted by Crippen LogP contribution is 2.25. The van der Waals surface area contributed by atoms with Crippen LogP contribution in [0.1, 0.15) is 35.6 Å². The molecule has 1 N–H and O–H groups in total. The summed E-state index contributed by atoms with van der Waals surface area (Å²) < 4.78 is 28.7. The molecule has 3 aromatic rings. The van der Waals surface area contributed by atoms with Crippen LogP contribution in [0.3, 0.4) is 0 Å². The van der Waals surface area contributed by atoms with Gasteiger partial charge in [0.15, 0.2) is 0 Å². The van der Waals surface area contributed by atoms with Crippen molar-refractivity contribution in [1.29, 1.82) is 0 Å². The summed E-state index contributed by atoms with van der Waals surface area (Å²) in [6.45, 7) is 7.31. The molecule has 196 valence electrons. The number of carbonyl (C=O) groups is 2. The Balaban J connectivity index is 2.05. The summed E-state index contributed by atoms with van der Waals surface area (Å²) in [5.74, 6) is -0.764. The summed E-state index contributed by atoms with van der Waals surface area (Å²) >= 11 is 0. The topological polar surface area (TPSA) is 86.8 Å². The van der Waals surface area contributed by atoms with Crippen molar-refractivity contribution >= 4 is 27.5 Å². The molecule has 1 atom stereocenters. The minimum absolute atomic E-state index is 0.0926. The lowest BCUT2D eigenvalue weighted by molar-refractivity contribution is -0.140. The van der Waals surface area contributed by atoms with E-state index in [1.807, 2.05) is 52.0 Å². The van der Waals surface area contributed by atoms with E-state index in [4.69, 9.17) is 0 Å². The Bertz CT molecular complexity index is 1340. The summed E-state index contributed by atoms with van der Waals surface area (Å²) in [6.07, 6.45) is 0.381. The number of hydrogen-bond acceptors (Lipinski definition) is 4. The van der Waals surface area contributed by atoms with Gasteiger partial charge in [-0.1, -0.05) is 72.1 Å². The summed E-state index contributed by atoms with van der Waals surface area (Å²) in [4.78, 5) is 28.2. The van der Waals surface area contributed by atoms with Gasteiger partial charge in [0, 0.05) is 13.6 Å². The maximum Gasteiger partial charge on any atom is 0.264 e. The highest BCUT2D eigenvalue weighted by Gasteiger charge is 2.33. The smallest absolute Gasteiger partial charge is 0.264 e. The van der Waals surface area contributed by atoms with Gasteiger partial charge in [0.05, 0.1) is 10.6 Å². The molecule has 0 fully saturated rings. The summed E-state index contributed by atoms with van der Waals surface area (Å²) in [5, 5.41) is 2.64. The summed E-state index contributed by atoms with van der Waals surface area (Å²) in [6, 6.07) is 20.5. The first kappa shape index (κ1) is 27.9. The molecule has 0 radical (unpaired) electrons. The van der Waals surface area contributed by atoms with E-state index in [2.05, 4.69) is 5.32 Å². The molecule has 0 unspecified atom stereocenters. The Morgan fingerprint density at radius 2 is 1.46 bits per heavy atom. The molecule has 0 saturated carbocycles. The molecule has 0 aliphatic rings. The van der Waals surface area contributed by atoms with Gasteiger partial charge >= 0.3 is 0 Å². The van der Waals surface area contributed by atoms with Crippen molar-refractivity contribution in [2.24, 2.45) is 0 Å². The monoisotopic (exact) mass is 521 g/mol. The number of carbonyl (C=O) groups excluding carboxylic acids is 2. The van der Waals surface area contributed by atoms with E-state index in [1.165, 1.54) is 11.9 Å². The molecule has 2 amide bonds. The van der Waals surface area contributed by atoms with Gasteiger partial charge in [-0.15, -0.1) is 0 Å². The highest BCUT2D eigenvalue weighted by molar-refractivity contribution is 7.92. The minimum Gasteiger partial charge on any atom is -0.357 e. The lowest BCUT2D eigenvalue weighted by Crippen LogP contribution is -2.51. The highest BCUT2D eigenvalue weighted by atomic mass is 32.2. The fourth-order valence-corrected chi connectivity index (χ4v) is 5.58. The van der Waals surface area contributed by atoms with Crippen LogP contribution in [-0.4, -0.2) is 44.8 Å². The van der Waals surface area contributed by atoms with Crippen LogP contribution in [-0.2, 0) is 26.2 Å². The number of nitrogens with one attached hydrogen (secondary N) is 1. The van der Waals surface area contributed by atoms with Crippen molar-refractivity contribution < 1.29 is 18.0 Å². The molecule has 0 heterocycles. The van der Waals surface area contributed by atoms with Gasteiger partial charge in [-0.2, -0.15) is 0 Å². The summed E-state index contributed by atoms with van der Waals surface area (Å²) in [5.41, 5.74) is 4.16. The molecule has 0 aromatic heterocycles. The van der Waals surface area contributed by atoms with Gasteiger partial charge in [0.2, 0.25) is 11.8 Å². The molecule has 0 aliphatic heterocycles. The Hall–Kier alpha value is -3.65. The molecule has 3 aromatic carbocycles. The number of likely N-dealkylation sites (N-methyl/N-ethyl adjacent to an activating group) is 1. The number of benzene rings is 3. The maximum absolute atomic E-state index is 13.9. The van der Waals surface area contributed by atoms with Crippen molar-refractivity contribution in [3.63, 3.8) is 0 Å². The third-order valence-electron chi connectivity index (χ3n) is 6.28. The molecule has 0 bridgehead atoms. The van der Waals surface area contributed by atoms with Gasteiger partial charge in [0.25, 0.3) is 10.0 Å². The number of nitrogens with zero attached hydrogens (tertiary/aromatic N) is 2. The van der Waals surface area contributed by atoms with E-state index < -0.39 is 28.5 Å². The normalized spacial score (nSPS) is 12.0. The average Bonchev–Trinajstić information content (AvgIpc) is 2.87. The number of aryl methyl sites for hydroxylation is 3. The van der Waals surface area contributed by atoms with E-state index in [-0.39, 0.29) is 17.3 Å². The van der Waals surface area contributed by atoms with Gasteiger partial charge in [-0.25, -0.2) is 8.42 Å². The maximum atomic E-state index is 13.9. The quantitative estimate of drug-likeness (QED) is 0.430. The predicted molar refractivity (Wildman–Crippen MR) is 147 cm³/mol. The van der Waals surface area contributed by atoms with Crippen LogP contribution >= 0.6 is 0 Å². The fourth-order valence-electron chi connectivity index (χ4n) is 4.17. The zero-order chi connectivity index (χ0) is 27.2. The molecule has 0 aliphatic carbocycles. The number of rotatable bonds is 10. The standard InChI is InChI=1S/C29H35N3O4S/c1-6-27(29(34)30-5)31(19-24-9-7-8-23(4)18-24)28(33)20-32(25-14-10-21(2)11-15-25)37(35,36)26-16-12-22(3)13-17-26/h7-18,27H,6,19-20H2,1-5H3,(H,30,34)/t27-/m1/s1. The Labute approximate surface area is 220 Å². The van der Waals surface area contributed by atoms with Crippen LogP contribution in [0, 0.1) is 20.8 Å². The second-order valence-corrected chi connectivity index (χ2v) is 11.1. The molecule has 0 saturated heterocycles. The molecule has 37 heavy (non-hydrogen) atoms. The van der Waals surface area contributed by atoms with Crippen molar-refractivity contribution in [2.75, 3.05) is 17.9 Å². The first-order valence-corrected chi connectivity index (χ1v) is 13.7. The van der Waals surface area contributed by atoms with Crippen LogP contribution in [0.15, 0.2) is 77.7 Å². The molecule has 8 heteroatoms. The number of hydrogen-bond donors (Lipinski definition) is 1. The van der Waals surface area contributed by atoms with Crippen molar-refractivity contribution in [3.05, 3.63) is 95.1 Å². The molecular formula is C29H35N3O4S. The Morgan fingerprint density at radius 1 is 0.865 bits per heavy atom. The third kappa shape index (κ3) is 6.77. The molecule has 0 spiro atoms. The zero-order valence-electron chi connectivity index (χ0n) is 22.1. The zero-order valence-corrected chi connectivity index (χ0v) is 22.9. The van der Waals surface area contributed by atoms with Gasteiger partial charge in [-0.05, 0) is 57.0 Å². The van der Waals surface area contributed by atoms with Crippen molar-refractivity contribution in [1.82, 2.24) is 10.2 Å². The second-order valence-electron chi connectivity index (χ2n) is 9.21. The predicted octanol–water partition coefficient (Wildman–Crippen LogP) is 4.36. The van der Waals surface area contributed by atoms with E-state index in [9.17, 15) is 18.0 Å². The lowest BCUT2D eigenvalue weighted by atomic mass is 10.1. The average molecular weight is 522 g/mol. The van der Waals surface area contributed by atoms with E-state index in [1.54, 1.807) is 48.5 Å². The Kier molecular flexibility index (Phi) is 9.10. The van der Waals surface area contributed by atoms with Crippen LogP contribution in [0.2, 0.25) is 0 Å². The van der Waals surface area contributed by atoms with Crippen LogP contribution in [0.4, 0.5) is 5.69 Å². The van der Waals surface area contributed by atoms with Crippen molar-refractivity contribution in [3.8, 4) is 0 Å². The van der Waals surface area contributed by atoms with Gasteiger partial charge in [-0.3, -0.25) is 13.9 Å². The van der Waals surface area contributed by atoms with Crippen LogP contribution < -0.4 is 9.62 Å². The number of anilines is 1. The van der Waals surface area contributed by atoms with Gasteiger partial charge < -0.3 is 10.2 Å². The SMILES string of the molecule is CC[C@H](C(=O)NC)N(Cc1cccc(C)c1)C(=O)CN(c1ccc(C)cc1)S(=O)(=O)c1ccc(C)cc1. The lowest BCUT2D eigenvalue weighted by Gasteiger charge is -2.33. The first-order chi connectivity index (χ1) is 17.6. The van der Waals surface area contributed by atoms with Gasteiger partial charge in [0.1, 0.15) is 12.6 Å². The van der Waals surface area contributed by atoms with Crippen molar-refractivity contribution in [2.45, 2.75) is 51.6 Å². The minimum atomic E-state index is -4.06. The molecular weight excluding hydrogens is 486 g/mol. The Morgan fingerprint density at radius 3 is 2.00 bits per heavy atom. The first-order valence-electron chi connectivity index (χ1n) is 12.3. The fraction of sp³-hybridized carbons (Fsp3) is 0.310. The molecule has 3 rings (SSSR count). The number of amides is 2. The van der Waals surface area contributed by atoms with Crippen LogP contribution in [0.25, 0.3) is 0 Å². The third-order valence-corrected chi connectivity index (χ3v) is 8.07. The number of sulfonamides is 1. The van der Waals surface area contributed by atoms with Crippen LogP contribution in [0.5, 0.6) is 0 Å². The largest absolute Gasteiger partial charge is 0.357 e. The van der Waals surface area contributed by atoms with E-state index in [0.29, 0.717) is 12.1 Å².